The summed E-state index contributed by atoms with van der Waals surface area (Å²) in [6, 6.07) is 8.58. The average Bonchev–Trinajstić information content (AvgIpc) is 3.35. The van der Waals surface area contributed by atoms with Gasteiger partial charge in [-0.05, 0) is 49.4 Å². The number of nitrogens with zero attached hydrogens (tertiary/aromatic N) is 5. The van der Waals surface area contributed by atoms with Crippen LogP contribution in [0.4, 0.5) is 40.0 Å². The van der Waals surface area contributed by atoms with Crippen LogP contribution in [0.25, 0.3) is 16.9 Å². The molecule has 40 heavy (non-hydrogen) atoms. The quantitative estimate of drug-likeness (QED) is 0.261. The fourth-order valence-corrected chi connectivity index (χ4v) is 3.99. The number of nitrogens with one attached hydrogen (secondary N) is 3. The highest BCUT2D eigenvalue weighted by molar-refractivity contribution is 6.31. The normalized spacial score (nSPS) is 11.3. The number of aromatic nitrogens is 4. The van der Waals surface area contributed by atoms with Gasteiger partial charge in [0, 0.05) is 30.7 Å². The van der Waals surface area contributed by atoms with E-state index >= 15 is 0 Å². The number of halogens is 4. The van der Waals surface area contributed by atoms with Crippen molar-refractivity contribution in [3.8, 4) is 5.69 Å². The first-order valence-electron chi connectivity index (χ1n) is 11.9. The lowest BCUT2D eigenvalue weighted by Crippen LogP contribution is -2.42. The fourth-order valence-electron chi connectivity index (χ4n) is 3.76. The zero-order valence-corrected chi connectivity index (χ0v) is 22.0. The van der Waals surface area contributed by atoms with E-state index in [9.17, 15) is 22.8 Å². The van der Waals surface area contributed by atoms with Gasteiger partial charge in [-0.25, -0.2) is 24.5 Å². The highest BCUT2D eigenvalue weighted by atomic mass is 35.5. The number of fused-ring (bicyclic) bond motifs is 1. The molecule has 15 heteroatoms. The van der Waals surface area contributed by atoms with E-state index in [2.05, 4.69) is 30.9 Å². The summed E-state index contributed by atoms with van der Waals surface area (Å²) in [4.78, 5) is 39.5. The third-order valence-corrected chi connectivity index (χ3v) is 5.92. The molecule has 210 valence electrons. The topological polar surface area (TPSA) is 126 Å². The number of carbonyl (C=O) groups excluding carboxylic acids is 2. The van der Waals surface area contributed by atoms with Gasteiger partial charge in [-0.1, -0.05) is 11.6 Å². The van der Waals surface area contributed by atoms with E-state index in [1.165, 1.54) is 30.7 Å². The summed E-state index contributed by atoms with van der Waals surface area (Å²) >= 11 is 5.62. The molecule has 2 aromatic carbocycles. The molecule has 0 fully saturated rings. The lowest BCUT2D eigenvalue weighted by molar-refractivity contribution is -0.137. The number of carbonyl (C=O) groups is 2. The Morgan fingerprint density at radius 1 is 1.05 bits per heavy atom. The van der Waals surface area contributed by atoms with Crippen molar-refractivity contribution < 1.29 is 27.5 Å². The number of urea groups is 2. The smallest absolute Gasteiger partial charge is 0.383 e. The van der Waals surface area contributed by atoms with Crippen molar-refractivity contribution in [3.63, 3.8) is 0 Å². The maximum Gasteiger partial charge on any atom is 0.417 e. The van der Waals surface area contributed by atoms with Gasteiger partial charge in [-0.15, -0.1) is 0 Å². The zero-order valence-electron chi connectivity index (χ0n) is 21.3. The molecule has 3 N–H and O–H groups in total. The number of alkyl halides is 3. The Bertz CT molecular complexity index is 1510. The van der Waals surface area contributed by atoms with Crippen molar-refractivity contribution in [1.29, 1.82) is 0 Å². The fraction of sp³-hybridized carbons (Fsp3) is 0.240. The molecule has 0 aliphatic carbocycles. The van der Waals surface area contributed by atoms with E-state index < -0.39 is 22.8 Å². The van der Waals surface area contributed by atoms with Gasteiger partial charge >= 0.3 is 18.2 Å². The minimum absolute atomic E-state index is 0.0709. The SMILES string of the molecule is CCNC(=O)N(CCOC)c1ncnc2c1ncn2-c1ccc(NC(=O)Nc2ccc(Cl)c(C(F)(F)F)c2)cc1. The molecule has 0 bridgehead atoms. The third-order valence-electron chi connectivity index (χ3n) is 5.59. The minimum Gasteiger partial charge on any atom is -0.383 e. The summed E-state index contributed by atoms with van der Waals surface area (Å²) in [6.45, 7) is 2.77. The van der Waals surface area contributed by atoms with E-state index in [0.29, 0.717) is 34.9 Å². The Balaban J connectivity index is 1.52. The standard InChI is InChI=1S/C25H24ClF3N8O3/c1-3-30-24(39)36(10-11-40-2)21-20-22(32-13-31-21)37(14-33-20)17-7-4-15(5-8-17)34-23(38)35-16-6-9-19(26)18(12-16)25(27,28)29/h4-9,12-14H,3,10-11H2,1-2H3,(H,30,39)(H2,34,35,38). The van der Waals surface area contributed by atoms with Gasteiger partial charge in [-0.3, -0.25) is 9.47 Å². The molecule has 2 aromatic heterocycles. The Hall–Kier alpha value is -4.43. The third kappa shape index (κ3) is 6.40. The van der Waals surface area contributed by atoms with Gasteiger partial charge in [-0.2, -0.15) is 13.2 Å². The highest BCUT2D eigenvalue weighted by Gasteiger charge is 2.33. The molecule has 11 nitrogen and oxygen atoms in total. The minimum atomic E-state index is -4.66. The van der Waals surface area contributed by atoms with Crippen LogP contribution in [-0.4, -0.2) is 58.4 Å². The van der Waals surface area contributed by atoms with Crippen LogP contribution >= 0.6 is 11.6 Å². The molecule has 0 spiro atoms. The summed E-state index contributed by atoms with van der Waals surface area (Å²) in [5, 5.41) is 7.20. The van der Waals surface area contributed by atoms with Crippen LogP contribution in [0.1, 0.15) is 12.5 Å². The van der Waals surface area contributed by atoms with Crippen LogP contribution in [0.3, 0.4) is 0 Å². The number of imidazole rings is 1. The molecule has 0 aliphatic rings. The maximum atomic E-state index is 13.1. The lowest BCUT2D eigenvalue weighted by atomic mass is 10.2. The van der Waals surface area contributed by atoms with E-state index in [0.717, 1.165) is 12.1 Å². The molecule has 0 unspecified atom stereocenters. The van der Waals surface area contributed by atoms with Gasteiger partial charge in [0.2, 0.25) is 0 Å². The highest BCUT2D eigenvalue weighted by Crippen LogP contribution is 2.36. The van der Waals surface area contributed by atoms with Crippen molar-refractivity contribution >= 4 is 52.0 Å². The number of hydrogen-bond acceptors (Lipinski definition) is 6. The van der Waals surface area contributed by atoms with Crippen LogP contribution in [0.15, 0.2) is 55.1 Å². The monoisotopic (exact) mass is 576 g/mol. The summed E-state index contributed by atoms with van der Waals surface area (Å²) in [5.41, 5.74) is 0.744. The second-order valence-corrected chi connectivity index (χ2v) is 8.69. The van der Waals surface area contributed by atoms with Crippen LogP contribution < -0.4 is 20.9 Å². The molecule has 0 radical (unpaired) electrons. The molecule has 0 atom stereocenters. The first-order valence-corrected chi connectivity index (χ1v) is 12.3. The zero-order chi connectivity index (χ0) is 28.9. The van der Waals surface area contributed by atoms with Gasteiger partial charge in [0.15, 0.2) is 17.0 Å². The number of benzene rings is 2. The average molecular weight is 577 g/mol. The molecule has 0 saturated heterocycles. The summed E-state index contributed by atoms with van der Waals surface area (Å²) in [5.74, 6) is 0.317. The number of hydrogen-bond donors (Lipinski definition) is 3. The van der Waals surface area contributed by atoms with E-state index in [1.54, 1.807) is 35.8 Å². The first kappa shape index (κ1) is 28.6. The molecule has 4 aromatic rings. The number of rotatable bonds is 8. The number of amides is 4. The summed E-state index contributed by atoms with van der Waals surface area (Å²) < 4.78 is 46.1. The van der Waals surface area contributed by atoms with Gasteiger partial charge in [0.25, 0.3) is 0 Å². The second kappa shape index (κ2) is 12.2. The van der Waals surface area contributed by atoms with Crippen molar-refractivity contribution in [2.75, 3.05) is 42.3 Å². The number of ether oxygens (including phenoxy) is 1. The molecule has 0 saturated carbocycles. The number of methoxy groups -OCH3 is 1. The van der Waals surface area contributed by atoms with Crippen LogP contribution in [-0.2, 0) is 10.9 Å². The first-order chi connectivity index (χ1) is 19.1. The van der Waals surface area contributed by atoms with Crippen LogP contribution in [0, 0.1) is 0 Å². The van der Waals surface area contributed by atoms with Crippen molar-refractivity contribution in [2.24, 2.45) is 0 Å². The Labute approximate surface area is 231 Å². The largest absolute Gasteiger partial charge is 0.417 e. The predicted octanol–water partition coefficient (Wildman–Crippen LogP) is 5.31. The second-order valence-electron chi connectivity index (χ2n) is 8.28. The molecule has 2 heterocycles. The molecule has 0 aliphatic heterocycles. The van der Waals surface area contributed by atoms with Gasteiger partial charge in [0.05, 0.1) is 23.7 Å². The van der Waals surface area contributed by atoms with Crippen molar-refractivity contribution in [2.45, 2.75) is 13.1 Å². The van der Waals surface area contributed by atoms with Gasteiger partial charge in [0.1, 0.15) is 12.7 Å². The van der Waals surface area contributed by atoms with Crippen LogP contribution in [0.2, 0.25) is 5.02 Å². The Morgan fingerprint density at radius 2 is 1.75 bits per heavy atom. The molecular weight excluding hydrogens is 553 g/mol. The van der Waals surface area contributed by atoms with Crippen LogP contribution in [0.5, 0.6) is 0 Å². The maximum absolute atomic E-state index is 13.1. The van der Waals surface area contributed by atoms with Gasteiger partial charge < -0.3 is 20.7 Å². The predicted molar refractivity (Wildman–Crippen MR) is 144 cm³/mol. The lowest BCUT2D eigenvalue weighted by Gasteiger charge is -2.21. The summed E-state index contributed by atoms with van der Waals surface area (Å²) in [6.07, 6.45) is -1.80. The number of anilines is 3. The van der Waals surface area contributed by atoms with E-state index in [1.807, 2.05) is 0 Å². The Kier molecular flexibility index (Phi) is 8.70. The molecule has 4 rings (SSSR count). The summed E-state index contributed by atoms with van der Waals surface area (Å²) in [7, 11) is 1.53. The molecular formula is C25H24ClF3N8O3. The van der Waals surface area contributed by atoms with E-state index in [4.69, 9.17) is 16.3 Å². The molecule has 4 amide bonds. The van der Waals surface area contributed by atoms with Crippen molar-refractivity contribution in [1.82, 2.24) is 24.8 Å². The Morgan fingerprint density at radius 3 is 2.42 bits per heavy atom. The van der Waals surface area contributed by atoms with Crippen molar-refractivity contribution in [3.05, 3.63) is 65.7 Å². The van der Waals surface area contributed by atoms with E-state index in [-0.39, 0.29) is 24.9 Å².